The fourth-order valence-electron chi connectivity index (χ4n) is 1.75. The van der Waals surface area contributed by atoms with E-state index in [1.165, 1.54) is 16.5 Å². The minimum Gasteiger partial charge on any atom is -0.478 e. The SMILES string of the molecule is BrBr.CCOc1cc(C)c2cccc(C)c2n1. The van der Waals surface area contributed by atoms with Gasteiger partial charge in [0.1, 0.15) is 0 Å². The van der Waals surface area contributed by atoms with Crippen molar-refractivity contribution >= 4 is 39.2 Å². The summed E-state index contributed by atoms with van der Waals surface area (Å²) in [6, 6.07) is 8.23. The Morgan fingerprint density at radius 1 is 1.18 bits per heavy atom. The second-order valence-corrected chi connectivity index (χ2v) is 3.68. The van der Waals surface area contributed by atoms with Gasteiger partial charge in [0.05, 0.1) is 12.1 Å². The van der Waals surface area contributed by atoms with Crippen molar-refractivity contribution in [1.29, 1.82) is 0 Å². The van der Waals surface area contributed by atoms with Crippen LogP contribution >= 0.6 is 28.3 Å². The molecule has 0 aliphatic carbocycles. The summed E-state index contributed by atoms with van der Waals surface area (Å²) < 4.78 is 5.44. The summed E-state index contributed by atoms with van der Waals surface area (Å²) >= 11 is 5.50. The minimum absolute atomic E-state index is 0.657. The molecule has 0 spiro atoms. The number of hydrogen-bond acceptors (Lipinski definition) is 2. The lowest BCUT2D eigenvalue weighted by molar-refractivity contribution is 0.328. The quantitative estimate of drug-likeness (QED) is 0.756. The molecule has 0 N–H and O–H groups in total. The van der Waals surface area contributed by atoms with Crippen LogP contribution in [0.1, 0.15) is 18.1 Å². The maximum Gasteiger partial charge on any atom is 0.214 e. The number of aromatic nitrogens is 1. The van der Waals surface area contributed by atoms with E-state index in [4.69, 9.17) is 4.74 Å². The van der Waals surface area contributed by atoms with Gasteiger partial charge in [-0.1, -0.05) is 18.2 Å². The Morgan fingerprint density at radius 3 is 2.53 bits per heavy atom. The van der Waals surface area contributed by atoms with E-state index in [0.717, 1.165) is 11.4 Å². The molecule has 0 aliphatic heterocycles. The highest BCUT2D eigenvalue weighted by atomic mass is 80.9. The highest BCUT2D eigenvalue weighted by molar-refractivity contribution is 9.93. The van der Waals surface area contributed by atoms with Gasteiger partial charge in [0.15, 0.2) is 0 Å². The van der Waals surface area contributed by atoms with E-state index in [-0.39, 0.29) is 0 Å². The monoisotopic (exact) mass is 359 g/mol. The molecule has 2 rings (SSSR count). The summed E-state index contributed by atoms with van der Waals surface area (Å²) in [6.45, 7) is 6.79. The van der Waals surface area contributed by atoms with Crippen LogP contribution in [0.2, 0.25) is 0 Å². The maximum atomic E-state index is 5.44. The number of aryl methyl sites for hydroxylation is 2. The van der Waals surface area contributed by atoms with Gasteiger partial charge >= 0.3 is 0 Å². The van der Waals surface area contributed by atoms with E-state index in [9.17, 15) is 0 Å². The summed E-state index contributed by atoms with van der Waals surface area (Å²) in [4.78, 5) is 4.50. The van der Waals surface area contributed by atoms with Crippen LogP contribution in [-0.4, -0.2) is 11.6 Å². The van der Waals surface area contributed by atoms with E-state index in [2.05, 4.69) is 65.3 Å². The van der Waals surface area contributed by atoms with Gasteiger partial charge in [0.25, 0.3) is 0 Å². The van der Waals surface area contributed by atoms with E-state index < -0.39 is 0 Å². The van der Waals surface area contributed by atoms with Crippen LogP contribution in [0.4, 0.5) is 0 Å². The number of ether oxygens (including phenoxy) is 1. The highest BCUT2D eigenvalue weighted by Crippen LogP contribution is 2.23. The van der Waals surface area contributed by atoms with E-state index >= 15 is 0 Å². The van der Waals surface area contributed by atoms with Gasteiger partial charge in [-0.2, -0.15) is 0 Å². The molecule has 0 atom stereocenters. The van der Waals surface area contributed by atoms with Crippen molar-refractivity contribution in [2.24, 2.45) is 0 Å². The molecule has 1 aromatic heterocycles. The van der Waals surface area contributed by atoms with Crippen LogP contribution in [0, 0.1) is 13.8 Å². The Bertz CT molecular complexity index is 500. The molecule has 2 nitrogen and oxygen atoms in total. The van der Waals surface area contributed by atoms with Gasteiger partial charge in [0, 0.05) is 39.7 Å². The lowest BCUT2D eigenvalue weighted by Crippen LogP contribution is -1.96. The summed E-state index contributed by atoms with van der Waals surface area (Å²) in [6.07, 6.45) is 0. The summed E-state index contributed by atoms with van der Waals surface area (Å²) in [5.74, 6) is 0.719. The largest absolute Gasteiger partial charge is 0.478 e. The van der Waals surface area contributed by atoms with Crippen LogP contribution in [-0.2, 0) is 0 Å². The van der Waals surface area contributed by atoms with Crippen molar-refractivity contribution in [3.63, 3.8) is 0 Å². The number of hydrogen-bond donors (Lipinski definition) is 0. The first-order valence-corrected chi connectivity index (χ1v) is 9.08. The van der Waals surface area contributed by atoms with E-state index in [1.54, 1.807) is 0 Å². The highest BCUT2D eigenvalue weighted by Gasteiger charge is 2.04. The average molecular weight is 361 g/mol. The topological polar surface area (TPSA) is 22.1 Å². The molecule has 92 valence electrons. The van der Waals surface area contributed by atoms with Crippen LogP contribution in [0.25, 0.3) is 10.9 Å². The van der Waals surface area contributed by atoms with Gasteiger partial charge in [-0.05, 0) is 31.9 Å². The summed E-state index contributed by atoms with van der Waals surface area (Å²) in [5, 5.41) is 1.21. The molecule has 0 fully saturated rings. The number of fused-ring (bicyclic) bond motifs is 1. The zero-order valence-corrected chi connectivity index (χ0v) is 13.3. The molecular formula is C13H15Br2NO. The third-order valence-corrected chi connectivity index (χ3v) is 2.52. The van der Waals surface area contributed by atoms with Crippen LogP contribution in [0.15, 0.2) is 24.3 Å². The van der Waals surface area contributed by atoms with Crippen molar-refractivity contribution in [3.05, 3.63) is 35.4 Å². The molecule has 4 heteroatoms. The fourth-order valence-corrected chi connectivity index (χ4v) is 1.75. The molecule has 0 bridgehead atoms. The predicted octanol–water partition coefficient (Wildman–Crippen LogP) is 4.94. The van der Waals surface area contributed by atoms with Crippen molar-refractivity contribution in [2.75, 3.05) is 6.61 Å². The number of nitrogens with zero attached hydrogens (tertiary/aromatic N) is 1. The van der Waals surface area contributed by atoms with Crippen molar-refractivity contribution in [3.8, 4) is 5.88 Å². The molecule has 17 heavy (non-hydrogen) atoms. The Labute approximate surface area is 117 Å². The first-order valence-electron chi connectivity index (χ1n) is 5.36. The number of rotatable bonds is 2. The number of pyridine rings is 1. The normalized spacial score (nSPS) is 9.71. The van der Waals surface area contributed by atoms with Crippen molar-refractivity contribution < 1.29 is 4.74 Å². The third-order valence-electron chi connectivity index (χ3n) is 2.52. The molecule has 0 radical (unpaired) electrons. The van der Waals surface area contributed by atoms with Crippen LogP contribution in [0.5, 0.6) is 5.88 Å². The van der Waals surface area contributed by atoms with Gasteiger partial charge in [0.2, 0.25) is 5.88 Å². The lowest BCUT2D eigenvalue weighted by atomic mass is 10.1. The van der Waals surface area contributed by atoms with Gasteiger partial charge < -0.3 is 4.74 Å². The maximum absolute atomic E-state index is 5.44. The van der Waals surface area contributed by atoms with Crippen LogP contribution < -0.4 is 4.74 Å². The van der Waals surface area contributed by atoms with Gasteiger partial charge in [-0.15, -0.1) is 0 Å². The molecule has 1 aromatic carbocycles. The molecule has 0 amide bonds. The Kier molecular flexibility index (Phi) is 5.92. The van der Waals surface area contributed by atoms with E-state index in [1.807, 2.05) is 13.0 Å². The Hall–Kier alpha value is -0.610. The Morgan fingerprint density at radius 2 is 1.88 bits per heavy atom. The summed E-state index contributed by atoms with van der Waals surface area (Å²) in [7, 11) is 0. The smallest absolute Gasteiger partial charge is 0.214 e. The molecular weight excluding hydrogens is 346 g/mol. The number of para-hydroxylation sites is 1. The van der Waals surface area contributed by atoms with Gasteiger partial charge in [-0.25, -0.2) is 4.98 Å². The molecule has 0 saturated carbocycles. The molecule has 1 heterocycles. The molecule has 0 saturated heterocycles. The van der Waals surface area contributed by atoms with E-state index in [0.29, 0.717) is 6.61 Å². The average Bonchev–Trinajstić information content (AvgIpc) is 2.34. The predicted molar refractivity (Wildman–Crippen MR) is 80.2 cm³/mol. The zero-order chi connectivity index (χ0) is 12.8. The van der Waals surface area contributed by atoms with Gasteiger partial charge in [-0.3, -0.25) is 0 Å². The van der Waals surface area contributed by atoms with Crippen molar-refractivity contribution in [1.82, 2.24) is 4.98 Å². The fraction of sp³-hybridized carbons (Fsp3) is 0.308. The second kappa shape index (κ2) is 6.97. The third kappa shape index (κ3) is 3.42. The first-order chi connectivity index (χ1) is 8.22. The standard InChI is InChI=1S/C13H15NO.Br2/c1-4-15-12-8-10(3)11-7-5-6-9(2)13(11)14-12;1-2/h5-8H,4H2,1-3H3;. The number of halogens is 2. The Balaban J connectivity index is 0.000000686. The second-order valence-electron chi connectivity index (χ2n) is 3.68. The molecule has 0 aliphatic rings. The summed E-state index contributed by atoms with van der Waals surface area (Å²) in [5.41, 5.74) is 3.45. The first kappa shape index (κ1) is 14.5. The zero-order valence-electron chi connectivity index (χ0n) is 10.1. The van der Waals surface area contributed by atoms with Crippen LogP contribution in [0.3, 0.4) is 0 Å². The lowest BCUT2D eigenvalue weighted by Gasteiger charge is -2.08. The molecule has 2 aromatic rings. The van der Waals surface area contributed by atoms with Crippen molar-refractivity contribution in [2.45, 2.75) is 20.8 Å². The number of benzene rings is 1. The molecule has 0 unspecified atom stereocenters. The minimum atomic E-state index is 0.657.